The fourth-order valence-electron chi connectivity index (χ4n) is 2.59. The van der Waals surface area contributed by atoms with Crippen molar-refractivity contribution in [3.8, 4) is 0 Å². The first-order valence-corrected chi connectivity index (χ1v) is 6.90. The van der Waals surface area contributed by atoms with Crippen molar-refractivity contribution in [2.45, 2.75) is 26.8 Å². The highest BCUT2D eigenvalue weighted by Gasteiger charge is 2.03. The summed E-state index contributed by atoms with van der Waals surface area (Å²) in [6.45, 7) is 5.30. The highest BCUT2D eigenvalue weighted by Crippen LogP contribution is 2.20. The van der Waals surface area contributed by atoms with E-state index in [-0.39, 0.29) is 0 Å². The molecular formula is C18H19N. The third-order valence-electron chi connectivity index (χ3n) is 3.82. The van der Waals surface area contributed by atoms with Gasteiger partial charge in [-0.2, -0.15) is 0 Å². The number of nitrogens with zero attached hydrogens (tertiary/aromatic N) is 1. The molecule has 0 N–H and O–H groups in total. The van der Waals surface area contributed by atoms with Crippen molar-refractivity contribution in [2.24, 2.45) is 0 Å². The molecule has 0 saturated heterocycles. The first kappa shape index (κ1) is 12.0. The largest absolute Gasteiger partial charge is 0.343 e. The van der Waals surface area contributed by atoms with Crippen molar-refractivity contribution in [1.29, 1.82) is 0 Å². The van der Waals surface area contributed by atoms with Crippen LogP contribution in [-0.2, 0) is 13.0 Å². The van der Waals surface area contributed by atoms with Crippen molar-refractivity contribution in [1.82, 2.24) is 4.57 Å². The summed E-state index contributed by atoms with van der Waals surface area (Å²) in [5.41, 5.74) is 5.42. The van der Waals surface area contributed by atoms with Gasteiger partial charge in [0, 0.05) is 23.6 Å². The maximum absolute atomic E-state index is 2.32. The second kappa shape index (κ2) is 4.93. The summed E-state index contributed by atoms with van der Waals surface area (Å²) in [7, 11) is 0. The fraction of sp³-hybridized carbons (Fsp3) is 0.222. The molecule has 0 aliphatic carbocycles. The average molecular weight is 249 g/mol. The van der Waals surface area contributed by atoms with Crippen LogP contribution in [0.2, 0.25) is 0 Å². The number of hydrogen-bond donors (Lipinski definition) is 0. The van der Waals surface area contributed by atoms with Gasteiger partial charge in [-0.3, -0.25) is 0 Å². The van der Waals surface area contributed by atoms with E-state index >= 15 is 0 Å². The third kappa shape index (κ3) is 2.28. The smallest absolute Gasteiger partial charge is 0.0486 e. The van der Waals surface area contributed by atoms with E-state index < -0.39 is 0 Å². The molecule has 0 aliphatic rings. The van der Waals surface area contributed by atoms with Crippen LogP contribution in [0, 0.1) is 6.92 Å². The van der Waals surface area contributed by atoms with Crippen LogP contribution in [0.1, 0.15) is 23.6 Å². The normalized spacial score (nSPS) is 11.1. The van der Waals surface area contributed by atoms with E-state index in [0.29, 0.717) is 0 Å². The maximum atomic E-state index is 2.32. The van der Waals surface area contributed by atoms with E-state index in [1.165, 1.54) is 27.6 Å². The number of aryl methyl sites for hydroxylation is 2. The number of aromatic nitrogens is 1. The Morgan fingerprint density at radius 2 is 1.63 bits per heavy atom. The molecule has 3 aromatic rings. The summed E-state index contributed by atoms with van der Waals surface area (Å²) in [5, 5.41) is 1.35. The molecule has 0 fully saturated rings. The minimum atomic E-state index is 0.941. The molecule has 0 amide bonds. The molecule has 96 valence electrons. The Morgan fingerprint density at radius 3 is 2.37 bits per heavy atom. The minimum absolute atomic E-state index is 0.941. The number of rotatable bonds is 3. The SMILES string of the molecule is CCc1ccc(Cn2ccc3c(C)cccc32)cc1. The Kier molecular flexibility index (Phi) is 3.12. The monoisotopic (exact) mass is 249 g/mol. The van der Waals surface area contributed by atoms with Gasteiger partial charge in [0.2, 0.25) is 0 Å². The van der Waals surface area contributed by atoms with Crippen LogP contribution >= 0.6 is 0 Å². The lowest BCUT2D eigenvalue weighted by Gasteiger charge is -2.07. The van der Waals surface area contributed by atoms with Gasteiger partial charge in [0.05, 0.1) is 0 Å². The first-order chi connectivity index (χ1) is 9.28. The van der Waals surface area contributed by atoms with Gasteiger partial charge in [0.25, 0.3) is 0 Å². The Labute approximate surface area is 114 Å². The summed E-state index contributed by atoms with van der Waals surface area (Å²) in [5.74, 6) is 0. The van der Waals surface area contributed by atoms with Crippen LogP contribution in [0.3, 0.4) is 0 Å². The van der Waals surface area contributed by atoms with Crippen LogP contribution in [-0.4, -0.2) is 4.57 Å². The minimum Gasteiger partial charge on any atom is -0.343 e. The Morgan fingerprint density at radius 1 is 0.895 bits per heavy atom. The fourth-order valence-corrected chi connectivity index (χ4v) is 2.59. The topological polar surface area (TPSA) is 4.93 Å². The zero-order valence-corrected chi connectivity index (χ0v) is 11.6. The van der Waals surface area contributed by atoms with Crippen LogP contribution in [0.25, 0.3) is 10.9 Å². The molecule has 0 atom stereocenters. The van der Waals surface area contributed by atoms with Crippen LogP contribution in [0.5, 0.6) is 0 Å². The number of fused-ring (bicyclic) bond motifs is 1. The van der Waals surface area contributed by atoms with Gasteiger partial charge >= 0.3 is 0 Å². The van der Waals surface area contributed by atoms with Gasteiger partial charge in [0.15, 0.2) is 0 Å². The third-order valence-corrected chi connectivity index (χ3v) is 3.82. The molecule has 2 aromatic carbocycles. The molecule has 19 heavy (non-hydrogen) atoms. The van der Waals surface area contributed by atoms with E-state index in [1.807, 2.05) is 0 Å². The van der Waals surface area contributed by atoms with Gasteiger partial charge in [-0.25, -0.2) is 0 Å². The molecule has 0 bridgehead atoms. The van der Waals surface area contributed by atoms with E-state index in [0.717, 1.165) is 13.0 Å². The maximum Gasteiger partial charge on any atom is 0.0486 e. The van der Waals surface area contributed by atoms with Crippen LogP contribution in [0.4, 0.5) is 0 Å². The molecule has 0 unspecified atom stereocenters. The van der Waals surface area contributed by atoms with E-state index in [1.54, 1.807) is 0 Å². The summed E-state index contributed by atoms with van der Waals surface area (Å²) in [6, 6.07) is 17.6. The second-order valence-electron chi connectivity index (χ2n) is 5.12. The standard InChI is InChI=1S/C18H19N/c1-3-15-7-9-16(10-8-15)13-19-12-11-17-14(2)5-4-6-18(17)19/h4-12H,3,13H2,1-2H3. The Hall–Kier alpha value is -2.02. The quantitative estimate of drug-likeness (QED) is 0.641. The van der Waals surface area contributed by atoms with E-state index in [4.69, 9.17) is 0 Å². The van der Waals surface area contributed by atoms with Gasteiger partial charge in [-0.05, 0) is 42.2 Å². The van der Waals surface area contributed by atoms with Gasteiger partial charge < -0.3 is 4.57 Å². The molecule has 0 radical (unpaired) electrons. The Balaban J connectivity index is 1.94. The predicted octanol–water partition coefficient (Wildman–Crippen LogP) is 4.56. The zero-order valence-electron chi connectivity index (χ0n) is 11.6. The summed E-state index contributed by atoms with van der Waals surface area (Å²) in [4.78, 5) is 0. The van der Waals surface area contributed by atoms with Crippen LogP contribution in [0.15, 0.2) is 54.7 Å². The molecule has 1 aromatic heterocycles. The van der Waals surface area contributed by atoms with E-state index in [9.17, 15) is 0 Å². The predicted molar refractivity (Wildman–Crippen MR) is 81.6 cm³/mol. The molecule has 1 heteroatoms. The zero-order chi connectivity index (χ0) is 13.2. The van der Waals surface area contributed by atoms with Crippen molar-refractivity contribution in [3.63, 3.8) is 0 Å². The first-order valence-electron chi connectivity index (χ1n) is 6.90. The second-order valence-corrected chi connectivity index (χ2v) is 5.12. The molecule has 0 spiro atoms. The summed E-state index contributed by atoms with van der Waals surface area (Å²) in [6.07, 6.45) is 3.29. The highest BCUT2D eigenvalue weighted by molar-refractivity contribution is 5.83. The average Bonchev–Trinajstić information content (AvgIpc) is 2.84. The molecule has 3 rings (SSSR count). The van der Waals surface area contributed by atoms with Gasteiger partial charge in [0.1, 0.15) is 0 Å². The van der Waals surface area contributed by atoms with Crippen molar-refractivity contribution < 1.29 is 0 Å². The van der Waals surface area contributed by atoms with Gasteiger partial charge in [-0.1, -0.05) is 43.3 Å². The Bertz CT molecular complexity index is 689. The summed E-state index contributed by atoms with van der Waals surface area (Å²) < 4.78 is 2.32. The van der Waals surface area contributed by atoms with Crippen molar-refractivity contribution >= 4 is 10.9 Å². The lowest BCUT2D eigenvalue weighted by molar-refractivity contribution is 0.836. The van der Waals surface area contributed by atoms with Gasteiger partial charge in [-0.15, -0.1) is 0 Å². The highest BCUT2D eigenvalue weighted by atomic mass is 14.9. The van der Waals surface area contributed by atoms with Crippen LogP contribution < -0.4 is 0 Å². The van der Waals surface area contributed by atoms with Crippen molar-refractivity contribution in [3.05, 3.63) is 71.4 Å². The van der Waals surface area contributed by atoms with E-state index in [2.05, 4.69) is 73.1 Å². The molecule has 1 heterocycles. The molecular weight excluding hydrogens is 230 g/mol. The van der Waals surface area contributed by atoms with Crippen molar-refractivity contribution in [2.75, 3.05) is 0 Å². The summed E-state index contributed by atoms with van der Waals surface area (Å²) >= 11 is 0. The lowest BCUT2D eigenvalue weighted by atomic mass is 10.1. The molecule has 1 nitrogen and oxygen atoms in total. The lowest BCUT2D eigenvalue weighted by Crippen LogP contribution is -1.98. The number of hydrogen-bond acceptors (Lipinski definition) is 0. The molecule has 0 saturated carbocycles. The number of benzene rings is 2. The molecule has 0 aliphatic heterocycles.